The molecule has 3 fully saturated rings. The SMILES string of the molecule is CC[C@H]1O[C@@H](n2c(=O)[nH]c3c(N=CN(C)C)ncnc32)[C@@H](O[Si](C)(C)C(C)(C)C)C1O[P@@]1O[C@H](CS(=O)(=O)c2ccccc2)[C@@H]2CCCN21. The molecule has 49 heavy (non-hydrogen) atoms. The third-order valence-corrected chi connectivity index (χ3v) is 17.9. The third kappa shape index (κ3) is 7.16. The molecule has 0 bridgehead atoms. The van der Waals surface area contributed by atoms with Crippen LogP contribution in [-0.2, 0) is 28.0 Å². The van der Waals surface area contributed by atoms with Crippen molar-refractivity contribution in [2.75, 3.05) is 26.4 Å². The fourth-order valence-electron chi connectivity index (χ4n) is 6.32. The molecule has 0 radical (unpaired) electrons. The Morgan fingerprint density at radius 3 is 2.57 bits per heavy atom. The zero-order chi connectivity index (χ0) is 35.3. The number of ether oxygens (including phenoxy) is 1. The second-order valence-corrected chi connectivity index (χ2v) is 22.8. The molecule has 1 N–H and O–H groups in total. The van der Waals surface area contributed by atoms with Crippen LogP contribution in [0.2, 0.25) is 18.1 Å². The van der Waals surface area contributed by atoms with Gasteiger partial charge in [0.1, 0.15) is 24.1 Å². The number of fused-ring (bicyclic) bond motifs is 2. The van der Waals surface area contributed by atoms with Crippen LogP contribution in [0.4, 0.5) is 5.82 Å². The maximum Gasteiger partial charge on any atom is 0.330 e. The maximum absolute atomic E-state index is 13.7. The van der Waals surface area contributed by atoms with Gasteiger partial charge in [-0.25, -0.2) is 37.4 Å². The molecule has 0 amide bonds. The van der Waals surface area contributed by atoms with Gasteiger partial charge >= 0.3 is 5.69 Å². The highest BCUT2D eigenvalue weighted by Gasteiger charge is 2.56. The quantitative estimate of drug-likeness (QED) is 0.123. The van der Waals surface area contributed by atoms with Gasteiger partial charge in [-0.15, -0.1) is 0 Å². The van der Waals surface area contributed by atoms with E-state index in [1.54, 1.807) is 41.6 Å². The molecule has 3 aliphatic rings. The number of H-pyrrole nitrogens is 1. The topological polar surface area (TPSA) is 153 Å². The fourth-order valence-corrected chi connectivity index (χ4v) is 11.2. The minimum atomic E-state index is -3.58. The number of nitrogens with one attached hydrogen (secondary N) is 1. The van der Waals surface area contributed by atoms with Gasteiger partial charge in [-0.1, -0.05) is 45.9 Å². The molecular formula is C32H48N7O7PSSi. The van der Waals surface area contributed by atoms with Gasteiger partial charge in [-0.2, -0.15) is 0 Å². The van der Waals surface area contributed by atoms with Gasteiger partial charge in [0.2, 0.25) is 0 Å². The van der Waals surface area contributed by atoms with Crippen LogP contribution in [0.15, 0.2) is 51.3 Å². The first-order chi connectivity index (χ1) is 23.1. The molecule has 14 nitrogen and oxygen atoms in total. The summed E-state index contributed by atoms with van der Waals surface area (Å²) in [5.74, 6) is 0.197. The summed E-state index contributed by atoms with van der Waals surface area (Å²) < 4.78 is 57.8. The number of aromatic nitrogens is 4. The first-order valence-electron chi connectivity index (χ1n) is 16.8. The van der Waals surface area contributed by atoms with Crippen molar-refractivity contribution in [3.63, 3.8) is 0 Å². The van der Waals surface area contributed by atoms with Gasteiger partial charge in [-0.05, 0) is 49.5 Å². The Bertz CT molecular complexity index is 1830. The average Bonchev–Trinajstić information content (AvgIpc) is 3.80. The van der Waals surface area contributed by atoms with Crippen molar-refractivity contribution < 1.29 is 26.6 Å². The molecule has 3 aliphatic heterocycles. The number of aromatic amines is 1. The number of rotatable bonds is 11. The second kappa shape index (κ2) is 13.9. The number of imidazole rings is 1. The molecule has 2 aromatic heterocycles. The van der Waals surface area contributed by atoms with Crippen LogP contribution in [0.5, 0.6) is 0 Å². The standard InChI is InChI=1S/C32H48N7O7PSSi/c1-9-23-26(45-47-38-17-13-16-22(38)24(44-47)18-48(41,42)21-14-11-10-12-15-21)27(46-49(7,8)32(2,3)4)30(43-23)39-29-25(36-31(39)40)28(33-19-34-29)35-20-37(5)6/h10-12,14-15,19-20,22-24,26-27,30H,9,13,16-18H2,1-8H3,(H,36,40)/t22-,23+,24+,26?,27-,30+,47+/m0/s1. The monoisotopic (exact) mass is 733 g/mol. The molecule has 268 valence electrons. The molecule has 0 spiro atoms. The molecule has 1 aromatic carbocycles. The van der Waals surface area contributed by atoms with Gasteiger partial charge in [0, 0.05) is 26.7 Å². The molecule has 0 saturated carbocycles. The second-order valence-electron chi connectivity index (χ2n) is 14.6. The number of benzene rings is 1. The van der Waals surface area contributed by atoms with Crippen molar-refractivity contribution in [3.8, 4) is 0 Å². The molecule has 3 saturated heterocycles. The van der Waals surface area contributed by atoms with Crippen molar-refractivity contribution in [2.24, 2.45) is 4.99 Å². The van der Waals surface area contributed by atoms with Crippen LogP contribution in [0.3, 0.4) is 0 Å². The Balaban J connectivity index is 1.35. The van der Waals surface area contributed by atoms with E-state index in [4.69, 9.17) is 18.2 Å². The van der Waals surface area contributed by atoms with E-state index in [-0.39, 0.29) is 21.7 Å². The Morgan fingerprint density at radius 1 is 1.16 bits per heavy atom. The average molecular weight is 734 g/mol. The molecule has 6 rings (SSSR count). The highest BCUT2D eigenvalue weighted by Crippen LogP contribution is 2.58. The van der Waals surface area contributed by atoms with Gasteiger partial charge in [0.05, 0.1) is 29.2 Å². The molecular weight excluding hydrogens is 686 g/mol. The van der Waals surface area contributed by atoms with Crippen molar-refractivity contribution >= 4 is 50.0 Å². The Morgan fingerprint density at radius 2 is 1.90 bits per heavy atom. The summed E-state index contributed by atoms with van der Waals surface area (Å²) in [6, 6.07) is 8.43. The number of hydrogen-bond acceptors (Lipinski definition) is 11. The largest absolute Gasteiger partial charge is 0.407 e. The zero-order valence-corrected chi connectivity index (χ0v) is 32.1. The third-order valence-electron chi connectivity index (χ3n) is 9.91. The summed E-state index contributed by atoms with van der Waals surface area (Å²) in [4.78, 5) is 31.9. The smallest absolute Gasteiger partial charge is 0.330 e. The number of aliphatic imine (C=N–C) groups is 1. The van der Waals surface area contributed by atoms with Gasteiger partial charge in [0.25, 0.3) is 8.53 Å². The number of sulfone groups is 1. The summed E-state index contributed by atoms with van der Waals surface area (Å²) in [5, 5.41) is -0.153. The highest BCUT2D eigenvalue weighted by atomic mass is 32.2. The van der Waals surface area contributed by atoms with E-state index in [2.05, 4.69) is 58.5 Å². The Kier molecular flexibility index (Phi) is 10.3. The summed E-state index contributed by atoms with van der Waals surface area (Å²) in [6.07, 6.45) is 2.18. The van der Waals surface area contributed by atoms with E-state index in [0.717, 1.165) is 19.4 Å². The lowest BCUT2D eigenvalue weighted by Crippen LogP contribution is -2.49. The van der Waals surface area contributed by atoms with Crippen LogP contribution < -0.4 is 5.69 Å². The van der Waals surface area contributed by atoms with E-state index in [1.807, 2.05) is 21.0 Å². The highest BCUT2D eigenvalue weighted by molar-refractivity contribution is 7.91. The lowest BCUT2D eigenvalue weighted by atomic mass is 10.1. The molecule has 5 heterocycles. The fraction of sp³-hybridized carbons (Fsp3) is 0.625. The molecule has 17 heteroatoms. The predicted octanol–water partition coefficient (Wildman–Crippen LogP) is 4.99. The normalized spacial score (nSPS) is 28.2. The molecule has 3 aromatic rings. The van der Waals surface area contributed by atoms with E-state index in [0.29, 0.717) is 23.4 Å². The lowest BCUT2D eigenvalue weighted by molar-refractivity contribution is -0.0341. The minimum absolute atomic E-state index is 0.0726. The van der Waals surface area contributed by atoms with Crippen LogP contribution in [0, 0.1) is 0 Å². The van der Waals surface area contributed by atoms with Crippen molar-refractivity contribution in [2.45, 2.75) is 107 Å². The van der Waals surface area contributed by atoms with Crippen molar-refractivity contribution in [1.82, 2.24) is 29.1 Å². The van der Waals surface area contributed by atoms with E-state index < -0.39 is 63.0 Å². The molecule has 7 atom stereocenters. The summed E-state index contributed by atoms with van der Waals surface area (Å²) in [6.45, 7) is 13.6. The van der Waals surface area contributed by atoms with Crippen LogP contribution in [0.1, 0.15) is 53.2 Å². The number of nitrogens with zero attached hydrogens (tertiary/aromatic N) is 6. The van der Waals surface area contributed by atoms with Crippen molar-refractivity contribution in [1.29, 1.82) is 0 Å². The Hall–Kier alpha value is -2.56. The Labute approximate surface area is 290 Å². The van der Waals surface area contributed by atoms with Crippen LogP contribution in [-0.4, -0.2) is 109 Å². The summed E-state index contributed by atoms with van der Waals surface area (Å²) in [7, 11) is -4.00. The maximum atomic E-state index is 13.7. The lowest BCUT2D eigenvalue weighted by Gasteiger charge is -2.41. The molecule has 0 aliphatic carbocycles. The minimum Gasteiger partial charge on any atom is -0.407 e. The first-order valence-corrected chi connectivity index (χ1v) is 22.5. The zero-order valence-electron chi connectivity index (χ0n) is 29.4. The first kappa shape index (κ1) is 36.2. The van der Waals surface area contributed by atoms with E-state index >= 15 is 0 Å². The van der Waals surface area contributed by atoms with E-state index in [1.165, 1.54) is 10.9 Å². The number of hydrogen-bond donors (Lipinski definition) is 1. The van der Waals surface area contributed by atoms with Gasteiger partial charge in [0.15, 0.2) is 35.8 Å². The van der Waals surface area contributed by atoms with Gasteiger partial charge < -0.3 is 28.1 Å². The van der Waals surface area contributed by atoms with Gasteiger partial charge in [-0.3, -0.25) is 0 Å². The summed E-state index contributed by atoms with van der Waals surface area (Å²) >= 11 is 0. The summed E-state index contributed by atoms with van der Waals surface area (Å²) in [5.41, 5.74) is 0.321. The van der Waals surface area contributed by atoms with E-state index in [9.17, 15) is 13.2 Å². The van der Waals surface area contributed by atoms with Crippen LogP contribution in [0.25, 0.3) is 11.2 Å². The van der Waals surface area contributed by atoms with Crippen molar-refractivity contribution in [3.05, 3.63) is 47.1 Å². The van der Waals surface area contributed by atoms with Crippen LogP contribution >= 0.6 is 8.53 Å². The molecule has 1 unspecified atom stereocenters. The predicted molar refractivity (Wildman–Crippen MR) is 191 cm³/mol.